The highest BCUT2D eigenvalue weighted by Crippen LogP contribution is 2.30. The minimum atomic E-state index is -0.569. The predicted molar refractivity (Wildman–Crippen MR) is 58.5 cm³/mol. The molecule has 1 aromatic heterocycles. The molecule has 0 aromatic carbocycles. The van der Waals surface area contributed by atoms with Gasteiger partial charge in [-0.3, -0.25) is 4.68 Å². The lowest BCUT2D eigenvalue weighted by Crippen LogP contribution is -2.11. The molecule has 1 aromatic rings. The number of hydrogen-bond acceptors (Lipinski definition) is 3. The highest BCUT2D eigenvalue weighted by molar-refractivity contribution is 5.19. The summed E-state index contributed by atoms with van der Waals surface area (Å²) in [4.78, 5) is 0. The average molecular weight is 209 g/mol. The summed E-state index contributed by atoms with van der Waals surface area (Å²) in [5.74, 6) is 0. The number of aliphatic hydroxyl groups is 1. The van der Waals surface area contributed by atoms with E-state index in [-0.39, 0.29) is 6.54 Å². The van der Waals surface area contributed by atoms with E-state index in [1.807, 2.05) is 17.8 Å². The molecular weight excluding hydrogens is 190 g/mol. The molecule has 1 fully saturated rings. The zero-order valence-electron chi connectivity index (χ0n) is 9.19. The van der Waals surface area contributed by atoms with Crippen LogP contribution in [0, 0.1) is 6.92 Å². The van der Waals surface area contributed by atoms with E-state index in [1.165, 1.54) is 25.7 Å². The molecule has 1 atom stereocenters. The van der Waals surface area contributed by atoms with Gasteiger partial charge in [0.2, 0.25) is 0 Å². The molecule has 1 heterocycles. The van der Waals surface area contributed by atoms with Gasteiger partial charge >= 0.3 is 0 Å². The van der Waals surface area contributed by atoms with Crippen molar-refractivity contribution < 1.29 is 5.11 Å². The SMILES string of the molecule is Cc1nn(C2CCCC2)cc1C(O)CN. The van der Waals surface area contributed by atoms with Gasteiger partial charge in [0.25, 0.3) is 0 Å². The summed E-state index contributed by atoms with van der Waals surface area (Å²) in [5, 5.41) is 14.2. The Bertz CT molecular complexity index is 329. The van der Waals surface area contributed by atoms with E-state index in [2.05, 4.69) is 5.10 Å². The first-order valence-corrected chi connectivity index (χ1v) is 5.66. The quantitative estimate of drug-likeness (QED) is 0.788. The molecule has 2 rings (SSSR count). The highest BCUT2D eigenvalue weighted by atomic mass is 16.3. The number of nitrogens with zero attached hydrogens (tertiary/aromatic N) is 2. The van der Waals surface area contributed by atoms with Crippen molar-refractivity contribution in [1.29, 1.82) is 0 Å². The second-order valence-electron chi connectivity index (χ2n) is 4.34. The summed E-state index contributed by atoms with van der Waals surface area (Å²) in [5.41, 5.74) is 7.23. The van der Waals surface area contributed by atoms with Crippen LogP contribution in [0.3, 0.4) is 0 Å². The number of hydrogen-bond donors (Lipinski definition) is 2. The zero-order chi connectivity index (χ0) is 10.8. The van der Waals surface area contributed by atoms with Crippen LogP contribution in [0.25, 0.3) is 0 Å². The lowest BCUT2D eigenvalue weighted by molar-refractivity contribution is 0.186. The lowest BCUT2D eigenvalue weighted by Gasteiger charge is -2.09. The highest BCUT2D eigenvalue weighted by Gasteiger charge is 2.20. The van der Waals surface area contributed by atoms with Crippen molar-refractivity contribution in [3.05, 3.63) is 17.5 Å². The summed E-state index contributed by atoms with van der Waals surface area (Å²) in [6, 6.07) is 0.530. The average Bonchev–Trinajstić information content (AvgIpc) is 2.84. The Balaban J connectivity index is 2.20. The van der Waals surface area contributed by atoms with Crippen LogP contribution in [0.2, 0.25) is 0 Å². The molecule has 4 heteroatoms. The molecule has 15 heavy (non-hydrogen) atoms. The molecule has 1 aliphatic carbocycles. The summed E-state index contributed by atoms with van der Waals surface area (Å²) < 4.78 is 2.01. The van der Waals surface area contributed by atoms with Crippen molar-refractivity contribution in [3.63, 3.8) is 0 Å². The van der Waals surface area contributed by atoms with Gasteiger partial charge in [0.1, 0.15) is 0 Å². The van der Waals surface area contributed by atoms with Crippen LogP contribution in [-0.2, 0) is 0 Å². The van der Waals surface area contributed by atoms with E-state index in [0.29, 0.717) is 6.04 Å². The van der Waals surface area contributed by atoms with Crippen LogP contribution in [-0.4, -0.2) is 21.4 Å². The molecule has 0 bridgehead atoms. The Hall–Kier alpha value is -0.870. The van der Waals surface area contributed by atoms with Crippen LogP contribution < -0.4 is 5.73 Å². The predicted octanol–water partition coefficient (Wildman–Crippen LogP) is 1.30. The molecular formula is C11H19N3O. The smallest absolute Gasteiger partial charge is 0.0945 e. The second-order valence-corrected chi connectivity index (χ2v) is 4.34. The van der Waals surface area contributed by atoms with Gasteiger partial charge < -0.3 is 10.8 Å². The van der Waals surface area contributed by atoms with Crippen LogP contribution in [0.1, 0.15) is 49.1 Å². The monoisotopic (exact) mass is 209 g/mol. The van der Waals surface area contributed by atoms with Gasteiger partial charge in [-0.05, 0) is 19.8 Å². The summed E-state index contributed by atoms with van der Waals surface area (Å²) in [6.07, 6.45) is 6.39. The van der Waals surface area contributed by atoms with E-state index in [1.54, 1.807) is 0 Å². The Kier molecular flexibility index (Phi) is 3.07. The lowest BCUT2D eigenvalue weighted by atomic mass is 10.1. The van der Waals surface area contributed by atoms with E-state index in [9.17, 15) is 5.11 Å². The van der Waals surface area contributed by atoms with Crippen LogP contribution in [0.5, 0.6) is 0 Å². The minimum absolute atomic E-state index is 0.261. The Labute approximate surface area is 90.1 Å². The largest absolute Gasteiger partial charge is 0.387 e. The minimum Gasteiger partial charge on any atom is -0.387 e. The maximum absolute atomic E-state index is 9.69. The van der Waals surface area contributed by atoms with Gasteiger partial charge in [0, 0.05) is 18.3 Å². The Morgan fingerprint density at radius 1 is 1.60 bits per heavy atom. The molecule has 84 valence electrons. The van der Waals surface area contributed by atoms with Crippen molar-refractivity contribution >= 4 is 0 Å². The molecule has 0 saturated heterocycles. The summed E-state index contributed by atoms with van der Waals surface area (Å²) in [7, 11) is 0. The fourth-order valence-corrected chi connectivity index (χ4v) is 2.31. The number of aliphatic hydroxyl groups excluding tert-OH is 1. The third kappa shape index (κ3) is 2.06. The van der Waals surface area contributed by atoms with E-state index < -0.39 is 6.10 Å². The number of aromatic nitrogens is 2. The molecule has 1 unspecified atom stereocenters. The number of rotatable bonds is 3. The van der Waals surface area contributed by atoms with Crippen LogP contribution in [0.15, 0.2) is 6.20 Å². The van der Waals surface area contributed by atoms with Gasteiger partial charge in [0.05, 0.1) is 17.8 Å². The molecule has 4 nitrogen and oxygen atoms in total. The first kappa shape index (κ1) is 10.6. The van der Waals surface area contributed by atoms with Gasteiger partial charge in [-0.25, -0.2) is 0 Å². The molecule has 0 aliphatic heterocycles. The third-order valence-electron chi connectivity index (χ3n) is 3.24. The zero-order valence-corrected chi connectivity index (χ0v) is 9.19. The summed E-state index contributed by atoms with van der Waals surface area (Å²) in [6.45, 7) is 2.19. The van der Waals surface area contributed by atoms with Gasteiger partial charge in [-0.2, -0.15) is 5.10 Å². The number of nitrogens with two attached hydrogens (primary N) is 1. The van der Waals surface area contributed by atoms with Gasteiger partial charge in [-0.15, -0.1) is 0 Å². The first-order chi connectivity index (χ1) is 7.22. The van der Waals surface area contributed by atoms with Crippen molar-refractivity contribution in [2.45, 2.75) is 44.8 Å². The van der Waals surface area contributed by atoms with Gasteiger partial charge in [0.15, 0.2) is 0 Å². The fourth-order valence-electron chi connectivity index (χ4n) is 2.31. The first-order valence-electron chi connectivity index (χ1n) is 5.66. The van der Waals surface area contributed by atoms with Crippen molar-refractivity contribution in [2.75, 3.05) is 6.54 Å². The topological polar surface area (TPSA) is 64.1 Å². The number of aryl methyl sites for hydroxylation is 1. The van der Waals surface area contributed by atoms with E-state index in [4.69, 9.17) is 5.73 Å². The summed E-state index contributed by atoms with van der Waals surface area (Å²) >= 11 is 0. The second kappa shape index (κ2) is 4.33. The van der Waals surface area contributed by atoms with Crippen molar-refractivity contribution in [2.24, 2.45) is 5.73 Å². The molecule has 0 amide bonds. The molecule has 1 aliphatic rings. The maximum Gasteiger partial charge on any atom is 0.0945 e. The molecule has 0 radical (unpaired) electrons. The Morgan fingerprint density at radius 3 is 2.87 bits per heavy atom. The third-order valence-corrected chi connectivity index (χ3v) is 3.24. The molecule has 0 spiro atoms. The Morgan fingerprint density at radius 2 is 2.27 bits per heavy atom. The van der Waals surface area contributed by atoms with Crippen molar-refractivity contribution in [3.8, 4) is 0 Å². The standard InChI is InChI=1S/C11H19N3O/c1-8-10(11(15)6-12)7-14(13-8)9-4-2-3-5-9/h7,9,11,15H,2-6,12H2,1H3. The molecule has 1 saturated carbocycles. The fraction of sp³-hybridized carbons (Fsp3) is 0.727. The van der Waals surface area contributed by atoms with Gasteiger partial charge in [-0.1, -0.05) is 12.8 Å². The normalized spacial score (nSPS) is 19.7. The van der Waals surface area contributed by atoms with Crippen LogP contribution >= 0.6 is 0 Å². The van der Waals surface area contributed by atoms with E-state index >= 15 is 0 Å². The van der Waals surface area contributed by atoms with E-state index in [0.717, 1.165) is 11.3 Å². The molecule has 3 N–H and O–H groups in total. The van der Waals surface area contributed by atoms with Crippen LogP contribution in [0.4, 0.5) is 0 Å². The maximum atomic E-state index is 9.69. The van der Waals surface area contributed by atoms with Crippen molar-refractivity contribution in [1.82, 2.24) is 9.78 Å².